The van der Waals surface area contributed by atoms with Gasteiger partial charge in [0.2, 0.25) is 0 Å². The van der Waals surface area contributed by atoms with E-state index in [9.17, 15) is 11.0 Å². The smallest absolute Gasteiger partial charge is 0.252 e. The maximum absolute atomic E-state index is 10.1. The van der Waals surface area contributed by atoms with E-state index in [0.29, 0.717) is 5.69 Å². The summed E-state index contributed by atoms with van der Waals surface area (Å²) < 4.78 is 86.3. The van der Waals surface area contributed by atoms with Gasteiger partial charge in [0.15, 0.2) is 0 Å². The van der Waals surface area contributed by atoms with Crippen LogP contribution in [0.4, 0.5) is 34.1 Å². The van der Waals surface area contributed by atoms with Crippen LogP contribution in [0.25, 0.3) is 94.3 Å². The molecular formula is C99H74BN3O. The number of benzene rings is 15. The van der Waals surface area contributed by atoms with Crippen LogP contribution in [0.3, 0.4) is 0 Å². The first-order chi connectivity index (χ1) is 54.1. The Labute approximate surface area is 620 Å². The van der Waals surface area contributed by atoms with E-state index in [1.54, 1.807) is 4.57 Å². The zero-order valence-corrected chi connectivity index (χ0v) is 58.5. The molecule has 0 radical (unpaired) electrons. The number of fused-ring (bicyclic) bond motifs is 16. The molecule has 104 heavy (non-hydrogen) atoms. The molecule has 0 saturated heterocycles. The summed E-state index contributed by atoms with van der Waals surface area (Å²) >= 11 is 0. The lowest BCUT2D eigenvalue weighted by Gasteiger charge is -2.45. The number of ether oxygens (including phenoxy) is 1. The van der Waals surface area contributed by atoms with Gasteiger partial charge in [0.05, 0.1) is 33.1 Å². The molecule has 4 aliphatic rings. The molecule has 15 aromatic carbocycles. The lowest BCUT2D eigenvalue weighted by atomic mass is 9.33. The molecule has 494 valence electrons. The molecule has 3 aliphatic heterocycles. The van der Waals surface area contributed by atoms with Crippen LogP contribution in [0.2, 0.25) is 0 Å². The maximum atomic E-state index is 10.1. The Kier molecular flexibility index (Phi) is 12.0. The van der Waals surface area contributed by atoms with Crippen molar-refractivity contribution in [2.45, 2.75) is 57.8 Å². The molecule has 0 N–H and O–H groups in total. The molecule has 0 fully saturated rings. The third kappa shape index (κ3) is 9.53. The van der Waals surface area contributed by atoms with Gasteiger partial charge in [-0.15, -0.1) is 0 Å². The number of nitrogens with zero attached hydrogens (tertiary/aromatic N) is 3. The highest BCUT2D eigenvalue weighted by atomic mass is 16.5. The normalized spacial score (nSPS) is 14.7. The van der Waals surface area contributed by atoms with Crippen LogP contribution >= 0.6 is 0 Å². The number of rotatable bonds is 8. The van der Waals surface area contributed by atoms with E-state index < -0.39 is 48.4 Å². The monoisotopic (exact) mass is 1340 g/mol. The molecule has 1 aliphatic carbocycles. The Balaban J connectivity index is 1.00. The second-order valence-corrected chi connectivity index (χ2v) is 30.2. The fraction of sp³-hybridized carbons (Fsp3) is 0.0909. The Morgan fingerprint density at radius 3 is 1.22 bits per heavy atom. The van der Waals surface area contributed by atoms with Crippen molar-refractivity contribution in [1.82, 2.24) is 4.57 Å². The fourth-order valence-electron chi connectivity index (χ4n) is 17.2. The highest BCUT2D eigenvalue weighted by Gasteiger charge is 2.53. The second-order valence-electron chi connectivity index (χ2n) is 30.2. The SMILES string of the molecule is [2H]c1c([2H])c([2H])c2c(c1[2H])c1c([2H])c([2H])c([2H])c([2H])c1n2-c1cc2c3c(c1)N(c1cc(-c4ccccc4)cc(-c4ccccc4)c1)c1cc4c(cc1B3c1ccc(-c3cc(C(C)(C)C)cc(C(C)(C)C)c3)cc1N2c1cc(-c2ccccc2)cc(-c2ccccc2)c1)C1(c2ccccc2Oc2ccccc21)c1ccccc1-4. The van der Waals surface area contributed by atoms with Crippen LogP contribution in [-0.4, -0.2) is 11.3 Å². The van der Waals surface area contributed by atoms with E-state index in [-0.39, 0.29) is 44.7 Å². The van der Waals surface area contributed by atoms with Crippen molar-refractivity contribution in [3.05, 3.63) is 373 Å². The fourth-order valence-corrected chi connectivity index (χ4v) is 17.2. The zero-order valence-electron chi connectivity index (χ0n) is 66.5. The van der Waals surface area contributed by atoms with Gasteiger partial charge in [-0.3, -0.25) is 0 Å². The largest absolute Gasteiger partial charge is 0.457 e. The molecule has 20 rings (SSSR count). The van der Waals surface area contributed by atoms with Gasteiger partial charge in [0.1, 0.15) is 11.5 Å². The summed E-state index contributed by atoms with van der Waals surface area (Å²) in [6.45, 7) is 13.1. The van der Waals surface area contributed by atoms with Gasteiger partial charge in [0.25, 0.3) is 6.71 Å². The molecule has 5 heteroatoms. The van der Waals surface area contributed by atoms with Gasteiger partial charge in [0, 0.05) is 56.0 Å². The van der Waals surface area contributed by atoms with Crippen LogP contribution in [0.5, 0.6) is 11.5 Å². The highest BCUT2D eigenvalue weighted by Crippen LogP contribution is 2.63. The van der Waals surface area contributed by atoms with E-state index >= 15 is 0 Å². The van der Waals surface area contributed by atoms with Crippen molar-refractivity contribution in [3.63, 3.8) is 0 Å². The minimum Gasteiger partial charge on any atom is -0.457 e. The third-order valence-electron chi connectivity index (χ3n) is 22.1. The van der Waals surface area contributed by atoms with Crippen molar-refractivity contribution >= 4 is 79.0 Å². The Hall–Kier alpha value is -12.4. The predicted molar refractivity (Wildman–Crippen MR) is 437 cm³/mol. The summed E-state index contributed by atoms with van der Waals surface area (Å²) in [5, 5.41) is -0.0205. The van der Waals surface area contributed by atoms with Gasteiger partial charge in [-0.1, -0.05) is 296 Å². The number of anilines is 6. The van der Waals surface area contributed by atoms with E-state index in [2.05, 4.69) is 318 Å². The Morgan fingerprint density at radius 1 is 0.317 bits per heavy atom. The number of aromatic nitrogens is 1. The molecule has 0 atom stereocenters. The molecule has 1 spiro atoms. The summed E-state index contributed by atoms with van der Waals surface area (Å²) in [5.41, 5.74) is 25.8. The summed E-state index contributed by atoms with van der Waals surface area (Å²) in [6, 6.07) is 101. The standard InChI is InChI=1S/C99H74BN3O/c1-97(2,3)73-51-72(52-74(58-73)98(4,5)6)67-47-48-86-90(57-67)102(75-53-68(63-29-11-7-12-30-63)49-69(54-75)64-31-13-8-14-32-64)92-59-77(101-88-43-25-20-38-79(88)80-39-21-26-44-89(80)101)60-93-96(92)100(86)87-62-85-81(78-37-19-22-40-82(78)99(85)83-41-23-27-45-94(83)104-95-46-28-24-42-84(95)99)61-91(87)103(93)76-55-70(65-33-15-9-16-34-65)50-71(56-76)66-35-17-10-18-36-66/h7-62H,1-6H3/i20D,21D,25D,26D,38D,39D,43D,44D. The average Bonchev–Trinajstić information content (AvgIpc) is 1.34. The second kappa shape index (κ2) is 23.3. The first-order valence-electron chi connectivity index (χ1n) is 39.9. The summed E-state index contributed by atoms with van der Waals surface area (Å²) in [6.07, 6.45) is 0. The predicted octanol–water partition coefficient (Wildman–Crippen LogP) is 24.3. The molecule has 16 aromatic rings. The molecule has 4 heterocycles. The molecule has 0 amide bonds. The summed E-state index contributed by atoms with van der Waals surface area (Å²) in [4.78, 5) is 4.81. The Morgan fingerprint density at radius 2 is 0.740 bits per heavy atom. The minimum absolute atomic E-state index is 0.0102. The minimum atomic E-state index is -0.878. The molecule has 0 bridgehead atoms. The number of hydrogen-bond acceptors (Lipinski definition) is 3. The molecular weight excluding hydrogens is 1260 g/mol. The topological polar surface area (TPSA) is 20.6 Å². The van der Waals surface area contributed by atoms with Crippen molar-refractivity contribution in [2.75, 3.05) is 9.80 Å². The van der Waals surface area contributed by atoms with Gasteiger partial charge >= 0.3 is 0 Å². The summed E-state index contributed by atoms with van der Waals surface area (Å²) in [5.74, 6) is 1.55. The summed E-state index contributed by atoms with van der Waals surface area (Å²) in [7, 11) is 0. The number of hydrogen-bond donors (Lipinski definition) is 0. The maximum Gasteiger partial charge on any atom is 0.252 e. The first kappa shape index (κ1) is 53.4. The van der Waals surface area contributed by atoms with Crippen LogP contribution < -0.4 is 30.9 Å². The number of para-hydroxylation sites is 4. The van der Waals surface area contributed by atoms with Gasteiger partial charge in [-0.05, 0) is 201 Å². The lowest BCUT2D eigenvalue weighted by Crippen LogP contribution is -2.61. The third-order valence-corrected chi connectivity index (χ3v) is 22.1. The quantitative estimate of drug-likeness (QED) is 0.141. The highest BCUT2D eigenvalue weighted by molar-refractivity contribution is 7.00. The van der Waals surface area contributed by atoms with E-state index in [1.807, 2.05) is 24.3 Å². The van der Waals surface area contributed by atoms with Crippen LogP contribution in [0.15, 0.2) is 340 Å². The Bertz CT molecular complexity index is 6420. The molecule has 0 saturated carbocycles. The average molecular weight is 1340 g/mol. The van der Waals surface area contributed by atoms with E-state index in [4.69, 9.17) is 4.74 Å². The van der Waals surface area contributed by atoms with Crippen molar-refractivity contribution in [2.24, 2.45) is 0 Å². The van der Waals surface area contributed by atoms with Gasteiger partial charge in [-0.2, -0.15) is 0 Å². The van der Waals surface area contributed by atoms with Gasteiger partial charge < -0.3 is 19.1 Å². The lowest BCUT2D eigenvalue weighted by molar-refractivity contribution is 0.436. The van der Waals surface area contributed by atoms with Crippen LogP contribution in [0.1, 0.15) is 85.9 Å². The molecule has 1 aromatic heterocycles. The van der Waals surface area contributed by atoms with Crippen LogP contribution in [-0.2, 0) is 16.2 Å². The van der Waals surface area contributed by atoms with Crippen LogP contribution in [0, 0.1) is 0 Å². The van der Waals surface area contributed by atoms with Crippen molar-refractivity contribution in [3.8, 4) is 83.9 Å². The first-order valence-corrected chi connectivity index (χ1v) is 35.9. The van der Waals surface area contributed by atoms with Crippen molar-refractivity contribution < 1.29 is 15.7 Å². The van der Waals surface area contributed by atoms with E-state index in [0.717, 1.165) is 151 Å². The van der Waals surface area contributed by atoms with Gasteiger partial charge in [-0.25, -0.2) is 0 Å². The molecule has 0 unspecified atom stereocenters. The molecule has 4 nitrogen and oxygen atoms in total. The van der Waals surface area contributed by atoms with Crippen molar-refractivity contribution in [1.29, 1.82) is 0 Å². The zero-order chi connectivity index (χ0) is 76.7. The van der Waals surface area contributed by atoms with E-state index in [1.165, 1.54) is 11.1 Å².